The predicted octanol–water partition coefficient (Wildman–Crippen LogP) is 1.63. The molecular weight excluding hydrogens is 406 g/mol. The van der Waals surface area contributed by atoms with Gasteiger partial charge in [-0.05, 0) is 37.3 Å². The van der Waals surface area contributed by atoms with Gasteiger partial charge in [0.1, 0.15) is 9.20 Å². The van der Waals surface area contributed by atoms with Crippen LogP contribution in [-0.4, -0.2) is 29.7 Å². The molecule has 0 amide bonds. The van der Waals surface area contributed by atoms with Gasteiger partial charge in [0.15, 0.2) is 17.3 Å². The summed E-state index contributed by atoms with van der Waals surface area (Å²) in [6, 6.07) is 13.8. The Morgan fingerprint density at radius 2 is 1.87 bits per heavy atom. The van der Waals surface area contributed by atoms with Crippen molar-refractivity contribution in [3.63, 3.8) is 0 Å². The molecule has 0 bridgehead atoms. The Balaban J connectivity index is 1.84. The largest absolute Gasteiger partial charge is 0.463 e. The number of hydrogen-bond donors (Lipinski definition) is 0. The van der Waals surface area contributed by atoms with E-state index in [0.717, 1.165) is 17.4 Å². The zero-order valence-corrected chi connectivity index (χ0v) is 16.8. The Bertz CT molecular complexity index is 1290. The quantitative estimate of drug-likeness (QED) is 0.458. The van der Waals surface area contributed by atoms with Gasteiger partial charge in [-0.2, -0.15) is 0 Å². The van der Waals surface area contributed by atoms with E-state index in [2.05, 4.69) is 0 Å². The summed E-state index contributed by atoms with van der Waals surface area (Å²) < 4.78 is 17.5. The third-order valence-electron chi connectivity index (χ3n) is 4.31. The first-order chi connectivity index (χ1) is 14.6. The highest BCUT2D eigenvalue weighted by molar-refractivity contribution is 7.07. The standard InChI is InChI=1S/C22H17NO6S/c1-2-27-21(25)12-19-22(26)23(15-6-4-3-5-7-15)20(30-19)11-16(24)14-8-9-17-18(10-14)29-13-28-17/h3-12H,2,13H2,1H3/b19-12-,20-11-. The molecule has 152 valence electrons. The molecule has 1 aromatic heterocycles. The molecule has 0 atom stereocenters. The molecule has 2 heterocycles. The summed E-state index contributed by atoms with van der Waals surface area (Å²) in [6.45, 7) is 2.00. The van der Waals surface area contributed by atoms with Crippen LogP contribution in [0.15, 0.2) is 53.3 Å². The van der Waals surface area contributed by atoms with Crippen molar-refractivity contribution in [1.29, 1.82) is 0 Å². The number of fused-ring (bicyclic) bond motifs is 1. The van der Waals surface area contributed by atoms with Crippen LogP contribution in [0.2, 0.25) is 0 Å². The molecule has 7 nitrogen and oxygen atoms in total. The average Bonchev–Trinajstić information content (AvgIpc) is 3.33. The van der Waals surface area contributed by atoms with Crippen molar-refractivity contribution in [2.75, 3.05) is 13.4 Å². The van der Waals surface area contributed by atoms with Gasteiger partial charge in [-0.3, -0.25) is 14.2 Å². The molecular formula is C22H17NO6S. The normalized spacial score (nSPS) is 13.5. The number of nitrogens with zero attached hydrogens (tertiary/aromatic N) is 1. The van der Waals surface area contributed by atoms with E-state index in [1.54, 1.807) is 49.4 Å². The SMILES string of the molecule is CCOC(=O)/C=c1\s/c(=C\C(=O)c2ccc3c(c2)OCO3)n(-c2ccccc2)c1=O. The highest BCUT2D eigenvalue weighted by atomic mass is 32.1. The predicted molar refractivity (Wildman–Crippen MR) is 112 cm³/mol. The second kappa shape index (κ2) is 8.38. The summed E-state index contributed by atoms with van der Waals surface area (Å²) in [5.41, 5.74) is 0.589. The number of aromatic nitrogens is 1. The minimum Gasteiger partial charge on any atom is -0.463 e. The molecule has 8 heteroatoms. The van der Waals surface area contributed by atoms with Gasteiger partial charge < -0.3 is 14.2 Å². The van der Waals surface area contributed by atoms with Crippen LogP contribution in [0.1, 0.15) is 17.3 Å². The van der Waals surface area contributed by atoms with E-state index in [1.807, 2.05) is 6.07 Å². The van der Waals surface area contributed by atoms with Crippen molar-refractivity contribution < 1.29 is 23.8 Å². The molecule has 3 aromatic rings. The van der Waals surface area contributed by atoms with Gasteiger partial charge in [0, 0.05) is 17.7 Å². The highest BCUT2D eigenvalue weighted by Gasteiger charge is 2.16. The first-order valence-corrected chi connectivity index (χ1v) is 10.00. The Kier molecular flexibility index (Phi) is 5.49. The Hall–Kier alpha value is -3.65. The van der Waals surface area contributed by atoms with Gasteiger partial charge in [0.2, 0.25) is 6.79 Å². The second-order valence-corrected chi connectivity index (χ2v) is 7.32. The summed E-state index contributed by atoms with van der Waals surface area (Å²) >= 11 is 1.05. The Morgan fingerprint density at radius 1 is 1.10 bits per heavy atom. The first kappa shape index (κ1) is 19.7. The zero-order valence-electron chi connectivity index (χ0n) is 16.0. The van der Waals surface area contributed by atoms with Crippen LogP contribution in [0.5, 0.6) is 11.5 Å². The van der Waals surface area contributed by atoms with Crippen LogP contribution in [0.25, 0.3) is 17.8 Å². The van der Waals surface area contributed by atoms with E-state index in [0.29, 0.717) is 27.4 Å². The number of benzene rings is 2. The highest BCUT2D eigenvalue weighted by Crippen LogP contribution is 2.32. The summed E-state index contributed by atoms with van der Waals surface area (Å²) in [4.78, 5) is 37.7. The number of rotatable bonds is 5. The zero-order chi connectivity index (χ0) is 21.1. The van der Waals surface area contributed by atoms with Gasteiger partial charge in [-0.15, -0.1) is 11.3 Å². The summed E-state index contributed by atoms with van der Waals surface area (Å²) in [5, 5.41) is 0. The Labute approximate surface area is 175 Å². The lowest BCUT2D eigenvalue weighted by molar-refractivity contribution is -0.135. The van der Waals surface area contributed by atoms with E-state index < -0.39 is 11.5 Å². The second-order valence-electron chi connectivity index (χ2n) is 6.25. The molecule has 0 spiro atoms. The number of carbonyl (C=O) groups is 2. The van der Waals surface area contributed by atoms with Crippen molar-refractivity contribution >= 4 is 35.2 Å². The molecule has 30 heavy (non-hydrogen) atoms. The number of esters is 1. The third-order valence-corrected chi connectivity index (χ3v) is 5.33. The molecule has 0 fully saturated rings. The maximum atomic E-state index is 13.0. The van der Waals surface area contributed by atoms with Crippen LogP contribution in [0.3, 0.4) is 0 Å². The van der Waals surface area contributed by atoms with Gasteiger partial charge in [-0.25, -0.2) is 4.79 Å². The molecule has 2 aromatic carbocycles. The lowest BCUT2D eigenvalue weighted by Gasteiger charge is -2.02. The molecule has 4 rings (SSSR count). The topological polar surface area (TPSA) is 83.8 Å². The summed E-state index contributed by atoms with van der Waals surface area (Å²) in [7, 11) is 0. The minimum absolute atomic E-state index is 0.113. The van der Waals surface area contributed by atoms with E-state index in [4.69, 9.17) is 14.2 Å². The number of thiazole rings is 1. The van der Waals surface area contributed by atoms with Crippen LogP contribution in [-0.2, 0) is 9.53 Å². The van der Waals surface area contributed by atoms with Crippen molar-refractivity contribution in [3.05, 3.63) is 73.6 Å². The van der Waals surface area contributed by atoms with Crippen LogP contribution < -0.4 is 24.2 Å². The molecule has 0 radical (unpaired) electrons. The van der Waals surface area contributed by atoms with Crippen molar-refractivity contribution in [2.24, 2.45) is 0 Å². The fourth-order valence-electron chi connectivity index (χ4n) is 2.96. The lowest BCUT2D eigenvalue weighted by atomic mass is 10.1. The van der Waals surface area contributed by atoms with Crippen LogP contribution in [0.4, 0.5) is 0 Å². The lowest BCUT2D eigenvalue weighted by Crippen LogP contribution is -2.31. The maximum absolute atomic E-state index is 13.0. The number of carbonyl (C=O) groups excluding carboxylic acids is 2. The van der Waals surface area contributed by atoms with Gasteiger partial charge in [-0.1, -0.05) is 18.2 Å². The third kappa shape index (κ3) is 3.90. The van der Waals surface area contributed by atoms with Crippen LogP contribution in [0, 0.1) is 0 Å². The number of Topliss-reactive ketones (excluding diaryl/α,β-unsaturated/α-hetero) is 1. The van der Waals surface area contributed by atoms with Gasteiger partial charge >= 0.3 is 5.97 Å². The van der Waals surface area contributed by atoms with Crippen molar-refractivity contribution in [2.45, 2.75) is 6.92 Å². The van der Waals surface area contributed by atoms with Gasteiger partial charge in [0.25, 0.3) is 5.56 Å². The maximum Gasteiger partial charge on any atom is 0.332 e. The minimum atomic E-state index is -0.607. The average molecular weight is 423 g/mol. The fourth-order valence-corrected chi connectivity index (χ4v) is 3.96. The van der Waals surface area contributed by atoms with Crippen LogP contribution >= 0.6 is 11.3 Å². The molecule has 1 aliphatic rings. The fraction of sp³-hybridized carbons (Fsp3) is 0.136. The number of hydrogen-bond acceptors (Lipinski definition) is 7. The first-order valence-electron chi connectivity index (χ1n) is 9.18. The number of ether oxygens (including phenoxy) is 3. The van der Waals surface area contributed by atoms with Crippen molar-refractivity contribution in [1.82, 2.24) is 4.57 Å². The van der Waals surface area contributed by atoms with E-state index in [1.165, 1.54) is 10.6 Å². The molecule has 0 aliphatic carbocycles. The summed E-state index contributed by atoms with van der Waals surface area (Å²) in [5.74, 6) is 0.166. The molecule has 0 N–H and O–H groups in total. The van der Waals surface area contributed by atoms with Crippen molar-refractivity contribution in [3.8, 4) is 17.2 Å². The van der Waals surface area contributed by atoms with E-state index >= 15 is 0 Å². The molecule has 0 saturated heterocycles. The number of ketones is 1. The smallest absolute Gasteiger partial charge is 0.332 e. The molecule has 0 saturated carbocycles. The van der Waals surface area contributed by atoms with Gasteiger partial charge in [0.05, 0.1) is 12.3 Å². The number of para-hydroxylation sites is 1. The van der Waals surface area contributed by atoms with E-state index in [9.17, 15) is 14.4 Å². The summed E-state index contributed by atoms with van der Waals surface area (Å²) in [6.07, 6.45) is 2.53. The monoisotopic (exact) mass is 423 g/mol. The molecule has 0 unspecified atom stereocenters. The van der Waals surface area contributed by atoms with E-state index in [-0.39, 0.29) is 23.7 Å². The Morgan fingerprint density at radius 3 is 2.63 bits per heavy atom. The molecule has 1 aliphatic heterocycles.